The Bertz CT molecular complexity index is 784. The third-order valence-corrected chi connectivity index (χ3v) is 4.34. The predicted octanol–water partition coefficient (Wildman–Crippen LogP) is 6.74. The second-order valence-corrected chi connectivity index (χ2v) is 6.26. The standard InChI is InChI=1S/C21H21F4NO.C2H6/c1-3-6-18(14-9-11-17(22)12-10-14)19(4-2)26-20(27)15-7-5-8-16(13-15)21(23,24)25;1-2/h4-5,7-13,18-19H,2-3,6H2,1H3,(H,26,27);1-2H3. The molecule has 2 rings (SSSR count). The third kappa shape index (κ3) is 7.04. The molecule has 0 saturated heterocycles. The van der Waals surface area contributed by atoms with Crippen LogP contribution in [0.25, 0.3) is 0 Å². The van der Waals surface area contributed by atoms with E-state index in [-0.39, 0.29) is 17.3 Å². The highest BCUT2D eigenvalue weighted by Gasteiger charge is 2.31. The second kappa shape index (κ2) is 11.4. The molecule has 0 radical (unpaired) electrons. The van der Waals surface area contributed by atoms with Crippen LogP contribution in [0.2, 0.25) is 0 Å². The lowest BCUT2D eigenvalue weighted by Crippen LogP contribution is -2.38. The highest BCUT2D eigenvalue weighted by molar-refractivity contribution is 5.94. The first-order chi connectivity index (χ1) is 13.8. The molecule has 1 amide bonds. The van der Waals surface area contributed by atoms with Crippen molar-refractivity contribution in [1.82, 2.24) is 5.32 Å². The molecule has 158 valence electrons. The highest BCUT2D eigenvalue weighted by Crippen LogP contribution is 2.30. The molecule has 0 aliphatic rings. The van der Waals surface area contributed by atoms with Crippen LogP contribution in [0.5, 0.6) is 0 Å². The van der Waals surface area contributed by atoms with E-state index >= 15 is 0 Å². The zero-order chi connectivity index (χ0) is 22.0. The smallest absolute Gasteiger partial charge is 0.345 e. The van der Waals surface area contributed by atoms with Gasteiger partial charge in [-0.15, -0.1) is 6.58 Å². The van der Waals surface area contributed by atoms with Gasteiger partial charge in [-0.2, -0.15) is 13.2 Å². The summed E-state index contributed by atoms with van der Waals surface area (Å²) in [5.74, 6) is -1.14. The van der Waals surface area contributed by atoms with Gasteiger partial charge in [0.1, 0.15) is 5.82 Å². The normalized spacial score (nSPS) is 12.9. The van der Waals surface area contributed by atoms with Crippen LogP contribution in [0.1, 0.15) is 61.0 Å². The summed E-state index contributed by atoms with van der Waals surface area (Å²) >= 11 is 0. The van der Waals surface area contributed by atoms with E-state index in [0.29, 0.717) is 6.42 Å². The second-order valence-electron chi connectivity index (χ2n) is 6.26. The van der Waals surface area contributed by atoms with Crippen molar-refractivity contribution in [2.45, 2.75) is 51.7 Å². The van der Waals surface area contributed by atoms with Crippen molar-refractivity contribution in [2.75, 3.05) is 0 Å². The van der Waals surface area contributed by atoms with Crippen LogP contribution in [0.4, 0.5) is 17.6 Å². The van der Waals surface area contributed by atoms with Gasteiger partial charge >= 0.3 is 6.18 Å². The van der Waals surface area contributed by atoms with Gasteiger partial charge < -0.3 is 5.32 Å². The average Bonchev–Trinajstić information content (AvgIpc) is 2.72. The zero-order valence-corrected chi connectivity index (χ0v) is 16.9. The molecular formula is C23H27F4NO. The summed E-state index contributed by atoms with van der Waals surface area (Å²) in [5, 5.41) is 2.74. The van der Waals surface area contributed by atoms with Gasteiger partial charge in [0, 0.05) is 11.5 Å². The maximum Gasteiger partial charge on any atom is 0.416 e. The zero-order valence-electron chi connectivity index (χ0n) is 16.9. The predicted molar refractivity (Wildman–Crippen MR) is 108 cm³/mol. The van der Waals surface area contributed by atoms with Crippen LogP contribution < -0.4 is 5.32 Å². The lowest BCUT2D eigenvalue weighted by Gasteiger charge is -2.26. The summed E-state index contributed by atoms with van der Waals surface area (Å²) in [7, 11) is 0. The minimum Gasteiger partial charge on any atom is -0.345 e. The monoisotopic (exact) mass is 409 g/mol. The fourth-order valence-electron chi connectivity index (χ4n) is 2.97. The van der Waals surface area contributed by atoms with Gasteiger partial charge in [0.05, 0.1) is 11.6 Å². The largest absolute Gasteiger partial charge is 0.416 e. The van der Waals surface area contributed by atoms with E-state index < -0.39 is 23.7 Å². The van der Waals surface area contributed by atoms with Gasteiger partial charge in [-0.3, -0.25) is 4.79 Å². The third-order valence-electron chi connectivity index (χ3n) is 4.34. The Labute approximate surface area is 169 Å². The van der Waals surface area contributed by atoms with E-state index in [0.717, 1.165) is 24.1 Å². The first kappa shape index (κ1) is 24.4. The number of rotatable bonds is 7. The van der Waals surface area contributed by atoms with Gasteiger partial charge in [-0.25, -0.2) is 4.39 Å². The molecule has 0 saturated carbocycles. The van der Waals surface area contributed by atoms with E-state index in [2.05, 4.69) is 11.9 Å². The van der Waals surface area contributed by atoms with Crippen LogP contribution in [-0.4, -0.2) is 11.9 Å². The highest BCUT2D eigenvalue weighted by atomic mass is 19.4. The maximum absolute atomic E-state index is 13.2. The van der Waals surface area contributed by atoms with Gasteiger partial charge in [0.15, 0.2) is 0 Å². The van der Waals surface area contributed by atoms with Crippen molar-refractivity contribution in [3.8, 4) is 0 Å². The molecule has 0 fully saturated rings. The first-order valence-corrected chi connectivity index (χ1v) is 9.62. The van der Waals surface area contributed by atoms with Crippen molar-refractivity contribution in [1.29, 1.82) is 0 Å². The van der Waals surface area contributed by atoms with Crippen LogP contribution in [0.15, 0.2) is 61.2 Å². The van der Waals surface area contributed by atoms with E-state index in [9.17, 15) is 22.4 Å². The molecule has 0 aliphatic heterocycles. The molecule has 0 spiro atoms. The Morgan fingerprint density at radius 2 is 1.76 bits per heavy atom. The molecule has 0 aliphatic carbocycles. The maximum atomic E-state index is 13.2. The topological polar surface area (TPSA) is 29.1 Å². The van der Waals surface area contributed by atoms with Crippen molar-refractivity contribution in [3.05, 3.63) is 83.7 Å². The van der Waals surface area contributed by atoms with Crippen molar-refractivity contribution in [3.63, 3.8) is 0 Å². The molecule has 0 aromatic heterocycles. The van der Waals surface area contributed by atoms with E-state index in [1.54, 1.807) is 18.2 Å². The lowest BCUT2D eigenvalue weighted by atomic mass is 9.87. The van der Waals surface area contributed by atoms with Crippen LogP contribution in [0, 0.1) is 5.82 Å². The van der Waals surface area contributed by atoms with Crippen molar-refractivity contribution in [2.24, 2.45) is 0 Å². The quantitative estimate of drug-likeness (QED) is 0.398. The number of halogens is 4. The number of hydrogen-bond acceptors (Lipinski definition) is 1. The molecule has 2 aromatic rings. The Balaban J connectivity index is 0.00000204. The fourth-order valence-corrected chi connectivity index (χ4v) is 2.97. The van der Waals surface area contributed by atoms with Crippen LogP contribution in [-0.2, 0) is 6.18 Å². The first-order valence-electron chi connectivity index (χ1n) is 9.62. The fraction of sp³-hybridized carbons (Fsp3) is 0.348. The van der Waals surface area contributed by atoms with E-state index in [4.69, 9.17) is 0 Å². The van der Waals surface area contributed by atoms with E-state index in [1.165, 1.54) is 24.3 Å². The molecule has 6 heteroatoms. The summed E-state index contributed by atoms with van der Waals surface area (Å²) in [6.07, 6.45) is -1.46. The van der Waals surface area contributed by atoms with Gasteiger partial charge in [-0.05, 0) is 42.3 Å². The van der Waals surface area contributed by atoms with Gasteiger partial charge in [-0.1, -0.05) is 51.5 Å². The number of alkyl halides is 3. The van der Waals surface area contributed by atoms with Gasteiger partial charge in [0.2, 0.25) is 0 Å². The molecule has 0 heterocycles. The Hall–Kier alpha value is -2.63. The summed E-state index contributed by atoms with van der Waals surface area (Å²) in [4.78, 5) is 12.5. The lowest BCUT2D eigenvalue weighted by molar-refractivity contribution is -0.137. The number of benzene rings is 2. The molecule has 2 nitrogen and oxygen atoms in total. The molecule has 2 atom stereocenters. The average molecular weight is 409 g/mol. The number of carbonyl (C=O) groups is 1. The number of nitrogens with one attached hydrogen (secondary N) is 1. The Kier molecular flexibility index (Phi) is 9.59. The summed E-state index contributed by atoms with van der Waals surface area (Å²) in [5.41, 5.74) is -0.132. The van der Waals surface area contributed by atoms with Crippen molar-refractivity contribution >= 4 is 5.91 Å². The molecule has 1 N–H and O–H groups in total. The number of hydrogen-bond donors (Lipinski definition) is 1. The minimum absolute atomic E-state index is 0.0778. The Morgan fingerprint density at radius 3 is 2.28 bits per heavy atom. The number of carbonyl (C=O) groups excluding carboxylic acids is 1. The molecule has 0 bridgehead atoms. The van der Waals surface area contributed by atoms with Crippen LogP contribution >= 0.6 is 0 Å². The summed E-state index contributed by atoms with van der Waals surface area (Å²) in [6.45, 7) is 9.72. The number of amides is 1. The molecular weight excluding hydrogens is 382 g/mol. The molecule has 2 aromatic carbocycles. The SMILES string of the molecule is C=CC(NC(=O)c1cccc(C(F)(F)F)c1)C(CCC)c1ccc(F)cc1.CC. The van der Waals surface area contributed by atoms with E-state index in [1.807, 2.05) is 20.8 Å². The van der Waals surface area contributed by atoms with Crippen LogP contribution in [0.3, 0.4) is 0 Å². The summed E-state index contributed by atoms with van der Waals surface area (Å²) < 4.78 is 51.8. The minimum atomic E-state index is -4.52. The van der Waals surface area contributed by atoms with Crippen molar-refractivity contribution < 1.29 is 22.4 Å². The Morgan fingerprint density at radius 1 is 1.14 bits per heavy atom. The van der Waals surface area contributed by atoms with Gasteiger partial charge in [0.25, 0.3) is 5.91 Å². The molecule has 29 heavy (non-hydrogen) atoms. The summed E-state index contributed by atoms with van der Waals surface area (Å²) in [6, 6.07) is 9.73. The molecule has 2 unspecified atom stereocenters.